The van der Waals surface area contributed by atoms with Crippen molar-refractivity contribution in [2.45, 2.75) is 40.2 Å². The first-order valence-corrected chi connectivity index (χ1v) is 9.14. The lowest BCUT2D eigenvalue weighted by molar-refractivity contribution is 0.734. The molecule has 0 unspecified atom stereocenters. The van der Waals surface area contributed by atoms with Gasteiger partial charge in [-0.25, -0.2) is 4.99 Å². The molecule has 5 heteroatoms. The van der Waals surface area contributed by atoms with Crippen LogP contribution in [0.3, 0.4) is 0 Å². The van der Waals surface area contributed by atoms with Crippen LogP contribution in [0, 0.1) is 13.8 Å². The van der Waals surface area contributed by atoms with E-state index in [-0.39, 0.29) is 24.0 Å². The molecule has 0 aliphatic carbocycles. The Morgan fingerprint density at radius 2 is 1.95 bits per heavy atom. The van der Waals surface area contributed by atoms with Gasteiger partial charge >= 0.3 is 0 Å². The second kappa shape index (κ2) is 13.0. The van der Waals surface area contributed by atoms with Crippen molar-refractivity contribution in [3.8, 4) is 0 Å². The van der Waals surface area contributed by atoms with Crippen molar-refractivity contribution < 1.29 is 0 Å². The van der Waals surface area contributed by atoms with Gasteiger partial charge in [-0.05, 0) is 56.7 Å². The number of guanidine groups is 1. The second-order valence-electron chi connectivity index (χ2n) is 5.25. The molecule has 2 N–H and O–H groups in total. The average Bonchev–Trinajstić information content (AvgIpc) is 2.46. The Hall–Kier alpha value is -0.430. The Kier molecular flexibility index (Phi) is 12.8. The molecule has 0 amide bonds. The van der Waals surface area contributed by atoms with E-state index < -0.39 is 0 Å². The summed E-state index contributed by atoms with van der Waals surface area (Å²) in [7, 11) is 0. The molecule has 0 atom stereocenters. The third kappa shape index (κ3) is 8.88. The largest absolute Gasteiger partial charge is 0.357 e. The predicted octanol–water partition coefficient (Wildman–Crippen LogP) is 4.12. The average molecular weight is 435 g/mol. The summed E-state index contributed by atoms with van der Waals surface area (Å²) < 4.78 is 0. The maximum absolute atomic E-state index is 4.68. The fraction of sp³-hybridized carbons (Fsp3) is 0.588. The second-order valence-corrected chi connectivity index (χ2v) is 6.24. The van der Waals surface area contributed by atoms with E-state index in [4.69, 9.17) is 0 Å². The number of aliphatic imine (C=N–C) groups is 1. The molecule has 22 heavy (non-hydrogen) atoms. The summed E-state index contributed by atoms with van der Waals surface area (Å²) in [5.74, 6) is 2.15. The normalized spacial score (nSPS) is 11.0. The zero-order chi connectivity index (χ0) is 15.5. The third-order valence-electron chi connectivity index (χ3n) is 3.32. The van der Waals surface area contributed by atoms with Gasteiger partial charge in [-0.1, -0.05) is 23.8 Å². The minimum Gasteiger partial charge on any atom is -0.357 e. The van der Waals surface area contributed by atoms with Gasteiger partial charge in [-0.2, -0.15) is 11.8 Å². The van der Waals surface area contributed by atoms with Crippen molar-refractivity contribution in [1.29, 1.82) is 0 Å². The summed E-state index contributed by atoms with van der Waals surface area (Å²) in [6.45, 7) is 8.98. The van der Waals surface area contributed by atoms with E-state index in [0.717, 1.165) is 25.6 Å². The van der Waals surface area contributed by atoms with E-state index in [2.05, 4.69) is 60.9 Å². The van der Waals surface area contributed by atoms with Gasteiger partial charge in [0.1, 0.15) is 0 Å². The molecule has 0 aliphatic rings. The Balaban J connectivity index is 0.00000441. The lowest BCUT2D eigenvalue weighted by Crippen LogP contribution is -2.37. The quantitative estimate of drug-likeness (QED) is 0.279. The van der Waals surface area contributed by atoms with Crippen LogP contribution in [0.4, 0.5) is 0 Å². The number of nitrogens with zero attached hydrogens (tertiary/aromatic N) is 1. The summed E-state index contributed by atoms with van der Waals surface area (Å²) in [6.07, 6.45) is 4.60. The maximum atomic E-state index is 4.68. The molecule has 1 aromatic carbocycles. The molecular weight excluding hydrogens is 405 g/mol. The number of nitrogens with one attached hydrogen (secondary N) is 2. The molecule has 1 rings (SSSR count). The smallest absolute Gasteiger partial charge is 0.191 e. The number of hydrogen-bond donors (Lipinski definition) is 2. The maximum Gasteiger partial charge on any atom is 0.191 e. The van der Waals surface area contributed by atoms with Crippen LogP contribution in [0.15, 0.2) is 23.2 Å². The molecule has 0 aromatic heterocycles. The molecule has 3 nitrogen and oxygen atoms in total. The molecule has 0 radical (unpaired) electrons. The first kappa shape index (κ1) is 21.6. The van der Waals surface area contributed by atoms with Crippen LogP contribution in [0.1, 0.15) is 36.5 Å². The summed E-state index contributed by atoms with van der Waals surface area (Å²) in [5, 5.41) is 6.72. The van der Waals surface area contributed by atoms with Crippen LogP contribution < -0.4 is 10.6 Å². The van der Waals surface area contributed by atoms with E-state index in [1.54, 1.807) is 0 Å². The molecule has 0 bridgehead atoms. The topological polar surface area (TPSA) is 36.4 Å². The molecular formula is C17H30IN3S. The van der Waals surface area contributed by atoms with Gasteiger partial charge in [0.25, 0.3) is 0 Å². The Morgan fingerprint density at radius 3 is 2.59 bits per heavy atom. The highest BCUT2D eigenvalue weighted by molar-refractivity contribution is 14.0. The zero-order valence-electron chi connectivity index (χ0n) is 14.2. The van der Waals surface area contributed by atoms with Gasteiger partial charge in [-0.3, -0.25) is 0 Å². The molecule has 0 spiro atoms. The van der Waals surface area contributed by atoms with Crippen LogP contribution >= 0.6 is 35.7 Å². The van der Waals surface area contributed by atoms with Gasteiger partial charge in [-0.15, -0.1) is 24.0 Å². The fourth-order valence-electron chi connectivity index (χ4n) is 2.11. The van der Waals surface area contributed by atoms with Crippen LogP contribution in [-0.4, -0.2) is 31.1 Å². The lowest BCUT2D eigenvalue weighted by atomic mass is 10.1. The fourth-order valence-corrected chi connectivity index (χ4v) is 2.60. The highest BCUT2D eigenvalue weighted by Gasteiger charge is 2.00. The number of benzene rings is 1. The first-order valence-electron chi connectivity index (χ1n) is 7.74. The van der Waals surface area contributed by atoms with Crippen molar-refractivity contribution in [3.63, 3.8) is 0 Å². The summed E-state index contributed by atoms with van der Waals surface area (Å²) >= 11 is 1.91. The summed E-state index contributed by atoms with van der Waals surface area (Å²) in [5.41, 5.74) is 3.91. The summed E-state index contributed by atoms with van der Waals surface area (Å²) in [6, 6.07) is 6.55. The standard InChI is InChI=1S/C17H29N3S.HI/c1-5-18-17(19-10-6-7-11-21-4)20-13-16-9-8-14(2)12-15(16)3;/h8-9,12H,5-7,10-11,13H2,1-4H3,(H2,18,19,20);1H. The monoisotopic (exact) mass is 435 g/mol. The number of rotatable bonds is 8. The zero-order valence-corrected chi connectivity index (χ0v) is 17.4. The Morgan fingerprint density at radius 1 is 1.18 bits per heavy atom. The van der Waals surface area contributed by atoms with E-state index in [1.807, 2.05) is 11.8 Å². The number of halogens is 1. The number of hydrogen-bond acceptors (Lipinski definition) is 2. The van der Waals surface area contributed by atoms with Crippen molar-refractivity contribution in [3.05, 3.63) is 34.9 Å². The minimum atomic E-state index is 0. The Bertz CT molecular complexity index is 450. The molecule has 0 aliphatic heterocycles. The van der Waals surface area contributed by atoms with Gasteiger partial charge in [0.15, 0.2) is 5.96 Å². The molecule has 0 saturated carbocycles. The molecule has 126 valence electrons. The van der Waals surface area contributed by atoms with Crippen molar-refractivity contribution in [2.75, 3.05) is 25.1 Å². The van der Waals surface area contributed by atoms with Crippen molar-refractivity contribution >= 4 is 41.7 Å². The molecule has 0 fully saturated rings. The third-order valence-corrected chi connectivity index (χ3v) is 4.01. The lowest BCUT2D eigenvalue weighted by Gasteiger charge is -2.12. The van der Waals surface area contributed by atoms with Gasteiger partial charge in [0.05, 0.1) is 6.54 Å². The van der Waals surface area contributed by atoms with Gasteiger partial charge in [0.2, 0.25) is 0 Å². The number of thioether (sulfide) groups is 1. The van der Waals surface area contributed by atoms with Crippen LogP contribution in [0.5, 0.6) is 0 Å². The van der Waals surface area contributed by atoms with Gasteiger partial charge < -0.3 is 10.6 Å². The predicted molar refractivity (Wildman–Crippen MR) is 112 cm³/mol. The molecule has 1 aromatic rings. The highest BCUT2D eigenvalue weighted by Crippen LogP contribution is 2.11. The van der Waals surface area contributed by atoms with Crippen LogP contribution in [-0.2, 0) is 6.54 Å². The van der Waals surface area contributed by atoms with E-state index in [0.29, 0.717) is 0 Å². The van der Waals surface area contributed by atoms with E-state index in [9.17, 15) is 0 Å². The summed E-state index contributed by atoms with van der Waals surface area (Å²) in [4.78, 5) is 4.68. The van der Waals surface area contributed by atoms with Crippen LogP contribution in [0.2, 0.25) is 0 Å². The number of unbranched alkanes of at least 4 members (excludes halogenated alkanes) is 1. The van der Waals surface area contributed by atoms with Crippen molar-refractivity contribution in [1.82, 2.24) is 10.6 Å². The highest BCUT2D eigenvalue weighted by atomic mass is 127. The van der Waals surface area contributed by atoms with Gasteiger partial charge in [0, 0.05) is 13.1 Å². The number of aryl methyl sites for hydroxylation is 2. The van der Waals surface area contributed by atoms with E-state index >= 15 is 0 Å². The van der Waals surface area contributed by atoms with E-state index in [1.165, 1.54) is 35.3 Å². The first-order chi connectivity index (χ1) is 10.2. The molecule has 0 heterocycles. The minimum absolute atomic E-state index is 0. The SMILES string of the molecule is CCNC(=NCc1ccc(C)cc1C)NCCCCSC.I. The van der Waals surface area contributed by atoms with Crippen molar-refractivity contribution in [2.24, 2.45) is 4.99 Å². The molecule has 0 saturated heterocycles. The Labute approximate surface area is 157 Å². The van der Waals surface area contributed by atoms with Crippen LogP contribution in [0.25, 0.3) is 0 Å².